The zero-order valence-electron chi connectivity index (χ0n) is 11.0. The summed E-state index contributed by atoms with van der Waals surface area (Å²) in [5.74, 6) is 1.69. The largest absolute Gasteiger partial charge is 0.337 e. The van der Waals surface area contributed by atoms with E-state index in [1.54, 1.807) is 0 Å². The summed E-state index contributed by atoms with van der Waals surface area (Å²) in [6.45, 7) is 0. The van der Waals surface area contributed by atoms with Crippen LogP contribution in [-0.2, 0) is 0 Å². The molecule has 1 aromatic carbocycles. The van der Waals surface area contributed by atoms with Crippen LogP contribution in [0.1, 0.15) is 44.0 Å². The molecule has 0 aliphatic heterocycles. The van der Waals surface area contributed by atoms with E-state index in [0.717, 1.165) is 5.56 Å². The summed E-state index contributed by atoms with van der Waals surface area (Å²) < 4.78 is 5.35. The predicted octanol–water partition coefficient (Wildman–Crippen LogP) is 3.32. The maximum Gasteiger partial charge on any atom is 0.244 e. The van der Waals surface area contributed by atoms with Crippen molar-refractivity contribution in [3.8, 4) is 11.4 Å². The molecule has 0 spiro atoms. The molecule has 100 valence electrons. The lowest BCUT2D eigenvalue weighted by Crippen LogP contribution is -2.23. The summed E-state index contributed by atoms with van der Waals surface area (Å²) in [6, 6.07) is 9.73. The van der Waals surface area contributed by atoms with E-state index >= 15 is 0 Å². The molecule has 0 saturated heterocycles. The van der Waals surface area contributed by atoms with Gasteiger partial charge in [-0.25, -0.2) is 0 Å². The van der Waals surface area contributed by atoms with Crippen LogP contribution in [0.15, 0.2) is 34.9 Å². The maximum atomic E-state index is 6.26. The lowest BCUT2D eigenvalue weighted by atomic mass is 9.84. The molecule has 4 nitrogen and oxygen atoms in total. The average Bonchev–Trinajstić information content (AvgIpc) is 2.98. The van der Waals surface area contributed by atoms with Gasteiger partial charge >= 0.3 is 0 Å². The van der Waals surface area contributed by atoms with Crippen LogP contribution in [0.4, 0.5) is 0 Å². The molecule has 0 amide bonds. The van der Waals surface area contributed by atoms with Crippen molar-refractivity contribution in [2.45, 2.75) is 38.1 Å². The smallest absolute Gasteiger partial charge is 0.244 e. The van der Waals surface area contributed by atoms with Crippen molar-refractivity contribution in [2.75, 3.05) is 0 Å². The maximum absolute atomic E-state index is 6.26. The van der Waals surface area contributed by atoms with Crippen LogP contribution >= 0.6 is 0 Å². The topological polar surface area (TPSA) is 64.9 Å². The number of nitrogens with zero attached hydrogens (tertiary/aromatic N) is 2. The van der Waals surface area contributed by atoms with E-state index in [9.17, 15) is 0 Å². The van der Waals surface area contributed by atoms with Gasteiger partial charge in [0.2, 0.25) is 11.7 Å². The van der Waals surface area contributed by atoms with Gasteiger partial charge in [0.05, 0.1) is 6.04 Å². The molecule has 2 N–H and O–H groups in total. The van der Waals surface area contributed by atoms with Crippen LogP contribution in [-0.4, -0.2) is 10.1 Å². The third-order valence-electron chi connectivity index (χ3n) is 3.92. The van der Waals surface area contributed by atoms with Gasteiger partial charge in [-0.05, 0) is 18.8 Å². The van der Waals surface area contributed by atoms with Crippen molar-refractivity contribution in [2.24, 2.45) is 11.7 Å². The van der Waals surface area contributed by atoms with Crippen molar-refractivity contribution < 1.29 is 4.52 Å². The summed E-state index contributed by atoms with van der Waals surface area (Å²) in [4.78, 5) is 4.45. The molecule has 1 aromatic heterocycles. The van der Waals surface area contributed by atoms with E-state index in [0.29, 0.717) is 17.6 Å². The van der Waals surface area contributed by atoms with Crippen molar-refractivity contribution >= 4 is 0 Å². The van der Waals surface area contributed by atoms with Crippen molar-refractivity contribution in [1.82, 2.24) is 10.1 Å². The summed E-state index contributed by atoms with van der Waals surface area (Å²) in [5.41, 5.74) is 7.23. The first kappa shape index (κ1) is 12.4. The molecule has 1 saturated carbocycles. The lowest BCUT2D eigenvalue weighted by Gasteiger charge is -2.24. The van der Waals surface area contributed by atoms with Gasteiger partial charge in [0.1, 0.15) is 0 Å². The number of rotatable bonds is 3. The molecular weight excluding hydrogens is 238 g/mol. The normalized spacial score (nSPS) is 18.4. The van der Waals surface area contributed by atoms with E-state index < -0.39 is 0 Å². The fraction of sp³-hybridized carbons (Fsp3) is 0.467. The molecule has 1 unspecified atom stereocenters. The highest BCUT2D eigenvalue weighted by Gasteiger charge is 2.26. The first-order chi connectivity index (χ1) is 9.34. The number of aromatic nitrogens is 2. The molecule has 0 radical (unpaired) electrons. The van der Waals surface area contributed by atoms with Crippen molar-refractivity contribution in [1.29, 1.82) is 0 Å². The summed E-state index contributed by atoms with van der Waals surface area (Å²) in [6.07, 6.45) is 6.19. The highest BCUT2D eigenvalue weighted by Crippen LogP contribution is 2.32. The second-order valence-electron chi connectivity index (χ2n) is 5.25. The Kier molecular flexibility index (Phi) is 3.60. The highest BCUT2D eigenvalue weighted by atomic mass is 16.5. The minimum Gasteiger partial charge on any atom is -0.337 e. The van der Waals surface area contributed by atoms with E-state index in [2.05, 4.69) is 10.1 Å². The van der Waals surface area contributed by atoms with Gasteiger partial charge in [0, 0.05) is 5.56 Å². The Morgan fingerprint density at radius 3 is 2.58 bits per heavy atom. The van der Waals surface area contributed by atoms with Crippen LogP contribution in [0.5, 0.6) is 0 Å². The number of hydrogen-bond acceptors (Lipinski definition) is 4. The summed E-state index contributed by atoms with van der Waals surface area (Å²) >= 11 is 0. The minimum atomic E-state index is -0.120. The Hall–Kier alpha value is -1.68. The van der Waals surface area contributed by atoms with E-state index in [1.165, 1.54) is 32.1 Å². The summed E-state index contributed by atoms with van der Waals surface area (Å²) in [7, 11) is 0. The van der Waals surface area contributed by atoms with Crippen LogP contribution in [0.25, 0.3) is 11.4 Å². The highest BCUT2D eigenvalue weighted by molar-refractivity contribution is 5.53. The van der Waals surface area contributed by atoms with Gasteiger partial charge in [0.15, 0.2) is 0 Å². The molecule has 3 rings (SSSR count). The van der Waals surface area contributed by atoms with E-state index in [-0.39, 0.29) is 6.04 Å². The van der Waals surface area contributed by atoms with Gasteiger partial charge in [0.25, 0.3) is 0 Å². The van der Waals surface area contributed by atoms with Crippen LogP contribution < -0.4 is 5.73 Å². The fourth-order valence-electron chi connectivity index (χ4n) is 2.77. The molecule has 2 aromatic rings. The molecule has 1 aliphatic rings. The number of hydrogen-bond donors (Lipinski definition) is 1. The van der Waals surface area contributed by atoms with Crippen LogP contribution in [0.3, 0.4) is 0 Å². The van der Waals surface area contributed by atoms with Crippen LogP contribution in [0, 0.1) is 5.92 Å². The van der Waals surface area contributed by atoms with Gasteiger partial charge in [-0.15, -0.1) is 0 Å². The molecule has 1 fully saturated rings. The SMILES string of the molecule is NC(c1nc(-c2ccccc2)no1)C1CCCCC1. The van der Waals surface area contributed by atoms with Crippen molar-refractivity contribution in [3.63, 3.8) is 0 Å². The first-order valence-electron chi connectivity index (χ1n) is 6.99. The third-order valence-corrected chi connectivity index (χ3v) is 3.92. The monoisotopic (exact) mass is 257 g/mol. The standard InChI is InChI=1S/C15H19N3O/c16-13(11-7-3-1-4-8-11)15-17-14(18-19-15)12-9-5-2-6-10-12/h2,5-6,9-11,13H,1,3-4,7-8,16H2. The number of nitrogens with two attached hydrogens (primary N) is 1. The minimum absolute atomic E-state index is 0.120. The molecule has 1 heterocycles. The second-order valence-corrected chi connectivity index (χ2v) is 5.25. The van der Waals surface area contributed by atoms with E-state index in [4.69, 9.17) is 10.3 Å². The molecular formula is C15H19N3O. The Morgan fingerprint density at radius 2 is 1.84 bits per heavy atom. The summed E-state index contributed by atoms with van der Waals surface area (Å²) in [5, 5.41) is 4.04. The Balaban J connectivity index is 1.77. The molecule has 19 heavy (non-hydrogen) atoms. The quantitative estimate of drug-likeness (QED) is 0.916. The molecule has 0 bridgehead atoms. The average molecular weight is 257 g/mol. The van der Waals surface area contributed by atoms with Gasteiger partial charge in [-0.2, -0.15) is 4.98 Å². The second kappa shape index (κ2) is 5.53. The zero-order valence-corrected chi connectivity index (χ0v) is 11.0. The molecule has 4 heteroatoms. The first-order valence-corrected chi connectivity index (χ1v) is 6.99. The lowest BCUT2D eigenvalue weighted by molar-refractivity contribution is 0.255. The van der Waals surface area contributed by atoms with E-state index in [1.807, 2.05) is 30.3 Å². The zero-order chi connectivity index (χ0) is 13.1. The Labute approximate surface area is 113 Å². The van der Waals surface area contributed by atoms with Gasteiger partial charge in [-0.1, -0.05) is 54.8 Å². The third kappa shape index (κ3) is 2.68. The Bertz CT molecular complexity index is 517. The fourth-order valence-corrected chi connectivity index (χ4v) is 2.77. The Morgan fingerprint density at radius 1 is 1.11 bits per heavy atom. The molecule has 1 aliphatic carbocycles. The molecule has 1 atom stereocenters. The number of benzene rings is 1. The van der Waals surface area contributed by atoms with Crippen molar-refractivity contribution in [3.05, 3.63) is 36.2 Å². The predicted molar refractivity (Wildman–Crippen MR) is 73.2 cm³/mol. The van der Waals surface area contributed by atoms with Gasteiger partial charge in [-0.3, -0.25) is 0 Å². The van der Waals surface area contributed by atoms with Crippen LogP contribution in [0.2, 0.25) is 0 Å². The van der Waals surface area contributed by atoms with Gasteiger partial charge < -0.3 is 10.3 Å².